The molecule has 0 aliphatic carbocycles. The van der Waals surface area contributed by atoms with E-state index in [0.29, 0.717) is 0 Å². The zero-order valence-electron chi connectivity index (χ0n) is 3.28. The van der Waals surface area contributed by atoms with Gasteiger partial charge in [-0.25, -0.2) is 0 Å². The van der Waals surface area contributed by atoms with Gasteiger partial charge in [-0.05, 0) is 0 Å². The molecule has 0 bridgehead atoms. The van der Waals surface area contributed by atoms with Gasteiger partial charge in [0.2, 0.25) is 0 Å². The first-order valence-electron chi connectivity index (χ1n) is 1.78. The highest BCUT2D eigenvalue weighted by molar-refractivity contribution is 5.04. The molecule has 2 heteroatoms. The Bertz CT molecular complexity index is 77.5. The zero-order valence-corrected chi connectivity index (χ0v) is 3.28. The molecular weight excluding hydrogens is 76.1 g/mol. The van der Waals surface area contributed by atoms with E-state index in [-0.39, 0.29) is 0 Å². The minimum absolute atomic E-state index is 0.771. The van der Waals surface area contributed by atoms with Crippen LogP contribution in [0.2, 0.25) is 0 Å². The van der Waals surface area contributed by atoms with Gasteiger partial charge in [0.25, 0.3) is 0 Å². The Labute approximate surface area is 36.9 Å². The molecule has 0 amide bonds. The van der Waals surface area contributed by atoms with Gasteiger partial charge in [-0.3, -0.25) is 5.32 Å². The van der Waals surface area contributed by atoms with E-state index >= 15 is 0 Å². The molecule has 0 atom stereocenters. The number of rotatable bonds is 0. The highest BCUT2D eigenvalue weighted by atomic mass is 15.0. The van der Waals surface area contributed by atoms with Crippen molar-refractivity contribution in [1.82, 2.24) is 10.6 Å². The van der Waals surface area contributed by atoms with Crippen molar-refractivity contribution in [2.75, 3.05) is 6.54 Å². The minimum atomic E-state index is 0.771. The second-order valence-electron chi connectivity index (χ2n) is 0.971. The summed E-state index contributed by atoms with van der Waals surface area (Å²) in [5, 5.41) is 5.56. The van der Waals surface area contributed by atoms with Crippen molar-refractivity contribution >= 4 is 0 Å². The van der Waals surface area contributed by atoms with Crippen LogP contribution >= 0.6 is 0 Å². The van der Waals surface area contributed by atoms with Gasteiger partial charge in [-0.1, -0.05) is 5.92 Å². The molecule has 0 unspecified atom stereocenters. The smallest absolute Gasteiger partial charge is 0.120 e. The van der Waals surface area contributed by atoms with Gasteiger partial charge in [-0.2, -0.15) is 0 Å². The maximum atomic E-state index is 2.88. The van der Waals surface area contributed by atoms with Crippen molar-refractivity contribution in [3.63, 3.8) is 0 Å². The van der Waals surface area contributed by atoms with Crippen LogP contribution < -0.4 is 10.6 Å². The first kappa shape index (κ1) is 3.51. The maximum absolute atomic E-state index is 2.88. The standard InChI is InChI=1S/C4H5N2/c1-2-5-4-6-3-1/h4-6H,2H2. The maximum Gasteiger partial charge on any atom is 0.120 e. The second kappa shape index (κ2) is 1.68. The molecule has 1 aliphatic rings. The summed E-state index contributed by atoms with van der Waals surface area (Å²) in [6, 6.07) is 2.67. The molecule has 0 aromatic rings. The van der Waals surface area contributed by atoms with Gasteiger partial charge in [0.15, 0.2) is 0 Å². The first-order valence-corrected chi connectivity index (χ1v) is 1.78. The van der Waals surface area contributed by atoms with Crippen molar-refractivity contribution in [2.45, 2.75) is 0 Å². The van der Waals surface area contributed by atoms with Crippen LogP contribution in [0.3, 0.4) is 0 Å². The molecule has 1 rings (SSSR count). The van der Waals surface area contributed by atoms with Gasteiger partial charge in [0.1, 0.15) is 6.67 Å². The Kier molecular flexibility index (Phi) is 0.984. The number of hydrogen-bond acceptors (Lipinski definition) is 2. The molecule has 2 nitrogen and oxygen atoms in total. The molecule has 1 radical (unpaired) electrons. The van der Waals surface area contributed by atoms with Gasteiger partial charge < -0.3 is 5.32 Å². The van der Waals surface area contributed by atoms with E-state index < -0.39 is 0 Å². The third-order valence-corrected chi connectivity index (χ3v) is 0.525. The van der Waals surface area contributed by atoms with Crippen LogP contribution in [-0.2, 0) is 0 Å². The van der Waals surface area contributed by atoms with Gasteiger partial charge in [0, 0.05) is 6.04 Å². The molecule has 1 aliphatic heterocycles. The van der Waals surface area contributed by atoms with Crippen molar-refractivity contribution in [3.05, 3.63) is 6.67 Å². The molecule has 31 valence electrons. The summed E-state index contributed by atoms with van der Waals surface area (Å²) in [6.45, 7) is 2.49. The molecule has 6 heavy (non-hydrogen) atoms. The average molecular weight is 81.1 g/mol. The Morgan fingerprint density at radius 3 is 2.83 bits per heavy atom. The van der Waals surface area contributed by atoms with Crippen molar-refractivity contribution in [2.24, 2.45) is 0 Å². The lowest BCUT2D eigenvalue weighted by molar-refractivity contribution is 0.810. The Balaban J connectivity index is 2.36. The van der Waals surface area contributed by atoms with Crippen LogP contribution in [0.1, 0.15) is 0 Å². The summed E-state index contributed by atoms with van der Waals surface area (Å²) < 4.78 is 0. The summed E-state index contributed by atoms with van der Waals surface area (Å²) >= 11 is 0. The van der Waals surface area contributed by atoms with Crippen molar-refractivity contribution < 1.29 is 0 Å². The quantitative estimate of drug-likeness (QED) is 0.375. The van der Waals surface area contributed by atoms with Crippen LogP contribution in [0.25, 0.3) is 0 Å². The molecule has 0 aromatic carbocycles. The lowest BCUT2D eigenvalue weighted by atomic mass is 10.6. The summed E-state index contributed by atoms with van der Waals surface area (Å²) in [6.07, 6.45) is 0. The molecule has 0 aromatic heterocycles. The van der Waals surface area contributed by atoms with E-state index in [9.17, 15) is 0 Å². The first-order chi connectivity index (χ1) is 3.00. The van der Waals surface area contributed by atoms with E-state index in [1.807, 2.05) is 0 Å². The van der Waals surface area contributed by atoms with Crippen LogP contribution in [0.15, 0.2) is 0 Å². The van der Waals surface area contributed by atoms with Crippen LogP contribution in [0.5, 0.6) is 0 Å². The molecule has 0 saturated carbocycles. The van der Waals surface area contributed by atoms with E-state index in [0.717, 1.165) is 6.54 Å². The minimum Gasteiger partial charge on any atom is -0.326 e. The number of nitrogens with one attached hydrogen (secondary N) is 2. The fourth-order valence-electron chi connectivity index (χ4n) is 0.284. The third-order valence-electron chi connectivity index (χ3n) is 0.525. The van der Waals surface area contributed by atoms with Crippen LogP contribution in [-0.4, -0.2) is 6.54 Å². The third kappa shape index (κ3) is 0.631. The highest BCUT2D eigenvalue weighted by Crippen LogP contribution is 1.63. The summed E-state index contributed by atoms with van der Waals surface area (Å²) in [4.78, 5) is 0. The molecular formula is C4H5N2. The SMILES string of the molecule is C1#CN[CH]NC1. The largest absolute Gasteiger partial charge is 0.326 e. The zero-order chi connectivity index (χ0) is 4.24. The lowest BCUT2D eigenvalue weighted by Crippen LogP contribution is -2.23. The Hall–Kier alpha value is -0.680. The van der Waals surface area contributed by atoms with Gasteiger partial charge in [-0.15, -0.1) is 0 Å². The highest BCUT2D eigenvalue weighted by Gasteiger charge is 1.81. The average Bonchev–Trinajstić information content (AvgIpc) is 1.72. The van der Waals surface area contributed by atoms with Crippen LogP contribution in [0, 0.1) is 18.6 Å². The van der Waals surface area contributed by atoms with E-state index in [4.69, 9.17) is 0 Å². The van der Waals surface area contributed by atoms with E-state index in [1.165, 1.54) is 0 Å². The molecule has 0 spiro atoms. The predicted octanol–water partition coefficient (Wildman–Crippen LogP) is -0.741. The van der Waals surface area contributed by atoms with E-state index in [2.05, 4.69) is 22.6 Å². The summed E-state index contributed by atoms with van der Waals surface area (Å²) in [7, 11) is 0. The van der Waals surface area contributed by atoms with Crippen molar-refractivity contribution in [3.8, 4) is 12.0 Å². The predicted molar refractivity (Wildman–Crippen MR) is 23.2 cm³/mol. The molecule has 0 saturated heterocycles. The van der Waals surface area contributed by atoms with Crippen molar-refractivity contribution in [1.29, 1.82) is 0 Å². The monoisotopic (exact) mass is 81.0 g/mol. The lowest BCUT2D eigenvalue weighted by Gasteiger charge is -1.99. The normalized spacial score (nSPS) is 17.3. The molecule has 1 heterocycles. The Morgan fingerprint density at radius 1 is 1.67 bits per heavy atom. The molecule has 2 N–H and O–H groups in total. The summed E-state index contributed by atoms with van der Waals surface area (Å²) in [5.74, 6) is 2.78. The fraction of sp³-hybridized carbons (Fsp3) is 0.250. The Morgan fingerprint density at radius 2 is 2.67 bits per heavy atom. The topological polar surface area (TPSA) is 24.1 Å². The van der Waals surface area contributed by atoms with E-state index in [1.54, 1.807) is 6.67 Å². The summed E-state index contributed by atoms with van der Waals surface area (Å²) in [5.41, 5.74) is 0. The van der Waals surface area contributed by atoms with Gasteiger partial charge >= 0.3 is 0 Å². The van der Waals surface area contributed by atoms with Crippen LogP contribution in [0.4, 0.5) is 0 Å². The van der Waals surface area contributed by atoms with Gasteiger partial charge in [0.05, 0.1) is 6.54 Å². The second-order valence-corrected chi connectivity index (χ2v) is 0.971. The molecule has 0 fully saturated rings. The fourth-order valence-corrected chi connectivity index (χ4v) is 0.284. The number of hydrogen-bond donors (Lipinski definition) is 2.